The van der Waals surface area contributed by atoms with Crippen LogP contribution in [0.25, 0.3) is 0 Å². The molecule has 0 aromatic heterocycles. The number of nitrogens with one attached hydrogen (secondary N) is 1. The predicted octanol–water partition coefficient (Wildman–Crippen LogP) is 4.54. The van der Waals surface area contributed by atoms with Crippen LogP contribution in [-0.2, 0) is 27.5 Å². The minimum absolute atomic E-state index is 0.00350. The number of aryl methyl sites for hydroxylation is 1. The van der Waals surface area contributed by atoms with E-state index in [4.69, 9.17) is 9.47 Å². The number of rotatable bonds is 9. The Kier molecular flexibility index (Phi) is 8.13. The average molecular weight is 523 g/mol. The van der Waals surface area contributed by atoms with Gasteiger partial charge in [0.1, 0.15) is 22.9 Å². The van der Waals surface area contributed by atoms with Gasteiger partial charge in [-0.3, -0.25) is 9.10 Å². The van der Waals surface area contributed by atoms with Gasteiger partial charge in [0, 0.05) is 6.54 Å². The normalized spacial score (nSPS) is 11.6. The molecule has 36 heavy (non-hydrogen) atoms. The second-order valence-corrected chi connectivity index (χ2v) is 9.67. The van der Waals surface area contributed by atoms with Gasteiger partial charge in [-0.1, -0.05) is 24.3 Å². The summed E-state index contributed by atoms with van der Waals surface area (Å²) in [6.45, 7) is 0.985. The zero-order valence-corrected chi connectivity index (χ0v) is 20.6. The molecule has 0 saturated carbocycles. The van der Waals surface area contributed by atoms with Crippen molar-refractivity contribution in [2.24, 2.45) is 0 Å². The molecule has 11 heteroatoms. The lowest BCUT2D eigenvalue weighted by molar-refractivity contribution is -0.137. The van der Waals surface area contributed by atoms with Gasteiger partial charge in [-0.2, -0.15) is 13.2 Å². The van der Waals surface area contributed by atoms with Gasteiger partial charge in [-0.25, -0.2) is 8.42 Å². The smallest absolute Gasteiger partial charge is 0.416 e. The van der Waals surface area contributed by atoms with Gasteiger partial charge in [0.05, 0.1) is 25.5 Å². The van der Waals surface area contributed by atoms with Gasteiger partial charge < -0.3 is 14.8 Å². The van der Waals surface area contributed by atoms with Crippen molar-refractivity contribution < 1.29 is 35.9 Å². The third-order valence-electron chi connectivity index (χ3n) is 5.28. The fraction of sp³-hybridized carbons (Fsp3) is 0.240. The molecule has 1 amide bonds. The van der Waals surface area contributed by atoms with Crippen LogP contribution in [0.3, 0.4) is 0 Å². The highest BCUT2D eigenvalue weighted by atomic mass is 32.2. The summed E-state index contributed by atoms with van der Waals surface area (Å²) in [5.74, 6) is -0.0892. The number of nitrogens with zero attached hydrogens (tertiary/aromatic N) is 1. The highest BCUT2D eigenvalue weighted by Crippen LogP contribution is 2.35. The first-order valence-electron chi connectivity index (χ1n) is 10.7. The van der Waals surface area contributed by atoms with Crippen molar-refractivity contribution in [1.29, 1.82) is 0 Å². The highest BCUT2D eigenvalue weighted by molar-refractivity contribution is 7.93. The summed E-state index contributed by atoms with van der Waals surface area (Å²) in [5, 5.41) is 2.61. The quantitative estimate of drug-likeness (QED) is 0.446. The predicted molar refractivity (Wildman–Crippen MR) is 129 cm³/mol. The van der Waals surface area contributed by atoms with Gasteiger partial charge in [0.15, 0.2) is 0 Å². The maximum absolute atomic E-state index is 13.7. The van der Waals surface area contributed by atoms with Crippen molar-refractivity contribution in [3.05, 3.63) is 83.4 Å². The van der Waals surface area contributed by atoms with E-state index in [0.717, 1.165) is 17.7 Å². The number of benzene rings is 3. The molecule has 0 aliphatic carbocycles. The molecule has 3 rings (SSSR count). The number of methoxy groups -OCH3 is 2. The summed E-state index contributed by atoms with van der Waals surface area (Å²) in [6, 6.07) is 15.1. The Bertz CT molecular complexity index is 1330. The van der Waals surface area contributed by atoms with Gasteiger partial charge in [-0.15, -0.1) is 0 Å². The molecule has 0 saturated heterocycles. The molecule has 7 nitrogen and oxygen atoms in total. The number of hydrogen-bond acceptors (Lipinski definition) is 5. The van der Waals surface area contributed by atoms with Crippen molar-refractivity contribution in [1.82, 2.24) is 5.32 Å². The van der Waals surface area contributed by atoms with Gasteiger partial charge >= 0.3 is 6.18 Å². The van der Waals surface area contributed by atoms with Gasteiger partial charge in [0.25, 0.3) is 10.0 Å². The summed E-state index contributed by atoms with van der Waals surface area (Å²) in [5.41, 5.74) is -0.0525. The maximum Gasteiger partial charge on any atom is 0.416 e. The number of halogens is 3. The fourth-order valence-corrected chi connectivity index (χ4v) is 5.04. The number of carbonyl (C=O) groups is 1. The molecule has 0 atom stereocenters. The van der Waals surface area contributed by atoms with E-state index in [0.29, 0.717) is 21.7 Å². The van der Waals surface area contributed by atoms with E-state index in [-0.39, 0.29) is 22.9 Å². The Balaban J connectivity index is 1.97. The van der Waals surface area contributed by atoms with Crippen LogP contribution in [0.4, 0.5) is 18.9 Å². The van der Waals surface area contributed by atoms with Crippen LogP contribution >= 0.6 is 0 Å². The average Bonchev–Trinajstić information content (AvgIpc) is 2.85. The summed E-state index contributed by atoms with van der Waals surface area (Å²) >= 11 is 0. The SMILES string of the molecule is COc1ccc(CNC(=O)CN(c2cccc(C(F)(F)F)c2)S(=O)(=O)c2cc(C)ccc2OC)cc1. The molecule has 0 fully saturated rings. The molecule has 0 heterocycles. The molecule has 0 unspecified atom stereocenters. The topological polar surface area (TPSA) is 84.9 Å². The van der Waals surface area contributed by atoms with Gasteiger partial charge in [-0.05, 0) is 60.5 Å². The summed E-state index contributed by atoms with van der Waals surface area (Å²) < 4.78 is 78.4. The second kappa shape index (κ2) is 10.9. The highest BCUT2D eigenvalue weighted by Gasteiger charge is 2.34. The molecular formula is C25H25F3N2O5S. The van der Waals surface area contributed by atoms with Crippen molar-refractivity contribution >= 4 is 21.6 Å². The molecule has 0 spiro atoms. The van der Waals surface area contributed by atoms with Crippen LogP contribution in [0.1, 0.15) is 16.7 Å². The van der Waals surface area contributed by atoms with Crippen molar-refractivity contribution in [2.45, 2.75) is 24.5 Å². The van der Waals surface area contributed by atoms with Gasteiger partial charge in [0.2, 0.25) is 5.91 Å². The first-order valence-corrected chi connectivity index (χ1v) is 12.1. The van der Waals surface area contributed by atoms with Crippen molar-refractivity contribution in [2.75, 3.05) is 25.1 Å². The third kappa shape index (κ3) is 6.28. The monoisotopic (exact) mass is 522 g/mol. The van der Waals surface area contributed by atoms with E-state index in [1.54, 1.807) is 37.3 Å². The lowest BCUT2D eigenvalue weighted by atomic mass is 10.2. The Morgan fingerprint density at radius 2 is 1.67 bits per heavy atom. The molecule has 0 radical (unpaired) electrons. The minimum Gasteiger partial charge on any atom is -0.497 e. The Morgan fingerprint density at radius 3 is 2.28 bits per heavy atom. The maximum atomic E-state index is 13.7. The standard InChI is InChI=1S/C25H25F3N2O5S/c1-17-7-12-22(35-3)23(13-17)36(32,33)30(20-6-4-5-19(14-20)25(26,27)28)16-24(31)29-15-18-8-10-21(34-2)11-9-18/h4-14H,15-16H2,1-3H3,(H,29,31). The zero-order chi connectivity index (χ0) is 26.5. The molecule has 0 aliphatic heterocycles. The van der Waals surface area contributed by atoms with Crippen LogP contribution in [0, 0.1) is 6.92 Å². The van der Waals surface area contributed by atoms with E-state index in [9.17, 15) is 26.4 Å². The molecular weight excluding hydrogens is 497 g/mol. The van der Waals surface area contributed by atoms with Crippen LogP contribution in [-0.4, -0.2) is 35.1 Å². The number of sulfonamides is 1. The second-order valence-electron chi connectivity index (χ2n) is 7.84. The van der Waals surface area contributed by atoms with Crippen molar-refractivity contribution in [3.8, 4) is 11.5 Å². The van der Waals surface area contributed by atoms with E-state index in [1.165, 1.54) is 32.4 Å². The molecule has 0 aliphatic rings. The summed E-state index contributed by atoms with van der Waals surface area (Å²) in [6.07, 6.45) is -4.71. The van der Waals surface area contributed by atoms with Crippen LogP contribution in [0.2, 0.25) is 0 Å². The Hall–Kier alpha value is -3.73. The van der Waals surface area contributed by atoms with Crippen LogP contribution in [0.15, 0.2) is 71.6 Å². The molecule has 192 valence electrons. The molecule has 1 N–H and O–H groups in total. The van der Waals surface area contributed by atoms with E-state index >= 15 is 0 Å². The minimum atomic E-state index is -4.71. The van der Waals surface area contributed by atoms with Crippen molar-refractivity contribution in [3.63, 3.8) is 0 Å². The third-order valence-corrected chi connectivity index (χ3v) is 7.08. The Morgan fingerprint density at radius 1 is 0.972 bits per heavy atom. The van der Waals surface area contributed by atoms with E-state index in [1.807, 2.05) is 0 Å². The summed E-state index contributed by atoms with van der Waals surface area (Å²) in [7, 11) is -1.71. The largest absolute Gasteiger partial charge is 0.497 e. The van der Waals surface area contributed by atoms with Crippen LogP contribution < -0.4 is 19.1 Å². The summed E-state index contributed by atoms with van der Waals surface area (Å²) in [4.78, 5) is 12.5. The lowest BCUT2D eigenvalue weighted by Gasteiger charge is -2.26. The number of ether oxygens (including phenoxy) is 2. The molecule has 3 aromatic rings. The fourth-order valence-electron chi connectivity index (χ4n) is 3.39. The van der Waals surface area contributed by atoms with E-state index in [2.05, 4.69) is 5.32 Å². The van der Waals surface area contributed by atoms with Crippen LogP contribution in [0.5, 0.6) is 11.5 Å². The first kappa shape index (κ1) is 26.9. The number of hydrogen-bond donors (Lipinski definition) is 1. The number of amides is 1. The Labute approximate surface area is 207 Å². The zero-order valence-electron chi connectivity index (χ0n) is 19.8. The molecule has 0 bridgehead atoms. The molecule has 3 aromatic carbocycles. The number of carbonyl (C=O) groups excluding carboxylic acids is 1. The lowest BCUT2D eigenvalue weighted by Crippen LogP contribution is -2.41. The van der Waals surface area contributed by atoms with E-state index < -0.39 is 34.2 Å². The number of alkyl halides is 3. The number of anilines is 1. The first-order chi connectivity index (χ1) is 17.0.